The van der Waals surface area contributed by atoms with Gasteiger partial charge in [-0.1, -0.05) is 78.1 Å². The van der Waals surface area contributed by atoms with Crippen LogP contribution >= 0.6 is 34.8 Å². The summed E-state index contributed by atoms with van der Waals surface area (Å²) in [4.78, 5) is 29.0. The number of rotatable bonds is 12. The zero-order chi connectivity index (χ0) is 29.4. The zero-order valence-electron chi connectivity index (χ0n) is 22.5. The summed E-state index contributed by atoms with van der Waals surface area (Å²) in [5.41, 5.74) is 2.17. The van der Waals surface area contributed by atoms with Gasteiger partial charge in [0.25, 0.3) is 0 Å². The van der Waals surface area contributed by atoms with Gasteiger partial charge in [-0.15, -0.1) is 0 Å². The van der Waals surface area contributed by atoms with Crippen molar-refractivity contribution in [2.24, 2.45) is 0 Å². The van der Waals surface area contributed by atoms with Crippen LogP contribution in [-0.4, -0.2) is 50.5 Å². The summed E-state index contributed by atoms with van der Waals surface area (Å²) in [7, 11) is -3.90. The molecule has 0 saturated heterocycles. The summed E-state index contributed by atoms with van der Waals surface area (Å²) in [6.07, 6.45) is 1.92. The van der Waals surface area contributed by atoms with Gasteiger partial charge in [-0.2, -0.15) is 0 Å². The molecular formula is C29H32Cl3N3O4S. The second-order valence-electron chi connectivity index (χ2n) is 9.42. The smallest absolute Gasteiger partial charge is 0.244 e. The molecule has 3 rings (SSSR count). The Morgan fingerprint density at radius 3 is 2.17 bits per heavy atom. The monoisotopic (exact) mass is 623 g/mol. The van der Waals surface area contributed by atoms with Crippen LogP contribution in [0.15, 0.2) is 66.7 Å². The van der Waals surface area contributed by atoms with E-state index in [2.05, 4.69) is 5.32 Å². The highest BCUT2D eigenvalue weighted by atomic mass is 35.5. The van der Waals surface area contributed by atoms with Gasteiger partial charge in [-0.3, -0.25) is 13.9 Å². The highest BCUT2D eigenvalue weighted by Crippen LogP contribution is 2.29. The number of aryl methyl sites for hydroxylation is 1. The topological polar surface area (TPSA) is 86.8 Å². The quantitative estimate of drug-likeness (QED) is 0.272. The van der Waals surface area contributed by atoms with Crippen LogP contribution in [0.25, 0.3) is 0 Å². The molecule has 3 aromatic rings. The summed E-state index contributed by atoms with van der Waals surface area (Å²) in [6, 6.07) is 18.0. The Hall–Kier alpha value is -2.78. The van der Waals surface area contributed by atoms with Gasteiger partial charge in [-0.25, -0.2) is 8.42 Å². The number of carbonyl (C=O) groups excluding carboxylic acids is 2. The van der Waals surface area contributed by atoms with Gasteiger partial charge in [0, 0.05) is 40.1 Å². The third-order valence-corrected chi connectivity index (χ3v) is 8.39. The van der Waals surface area contributed by atoms with Crippen molar-refractivity contribution in [2.45, 2.75) is 39.3 Å². The molecule has 3 aromatic carbocycles. The van der Waals surface area contributed by atoms with E-state index in [4.69, 9.17) is 34.8 Å². The fourth-order valence-corrected chi connectivity index (χ4v) is 5.92. The molecule has 0 aliphatic heterocycles. The third kappa shape index (κ3) is 8.36. The molecule has 1 atom stereocenters. The fourth-order valence-electron chi connectivity index (χ4n) is 4.27. The number of halogens is 3. The van der Waals surface area contributed by atoms with Crippen LogP contribution in [0, 0.1) is 6.92 Å². The van der Waals surface area contributed by atoms with Crippen LogP contribution in [-0.2, 0) is 32.6 Å². The van der Waals surface area contributed by atoms with Crippen LogP contribution in [0.4, 0.5) is 5.69 Å². The van der Waals surface area contributed by atoms with Crippen molar-refractivity contribution in [1.29, 1.82) is 0 Å². The average Bonchev–Trinajstić information content (AvgIpc) is 2.89. The molecule has 0 aliphatic rings. The van der Waals surface area contributed by atoms with Crippen LogP contribution in [0.5, 0.6) is 0 Å². The number of hydrogen-bond donors (Lipinski definition) is 1. The van der Waals surface area contributed by atoms with Crippen molar-refractivity contribution >= 4 is 62.3 Å². The molecule has 0 heterocycles. The van der Waals surface area contributed by atoms with E-state index in [1.54, 1.807) is 43.3 Å². The molecule has 0 bridgehead atoms. The Balaban J connectivity index is 2.11. The Kier molecular flexibility index (Phi) is 11.3. The Labute approximate surface area is 251 Å². The summed E-state index contributed by atoms with van der Waals surface area (Å²) < 4.78 is 26.9. The number of anilines is 1. The minimum Gasteiger partial charge on any atom is -0.354 e. The van der Waals surface area contributed by atoms with Crippen LogP contribution in [0.3, 0.4) is 0 Å². The van der Waals surface area contributed by atoms with E-state index in [0.717, 1.165) is 16.1 Å². The van der Waals surface area contributed by atoms with Crippen molar-refractivity contribution in [3.8, 4) is 0 Å². The lowest BCUT2D eigenvalue weighted by molar-refractivity contribution is -0.140. The lowest BCUT2D eigenvalue weighted by atomic mass is 10.0. The molecule has 0 fully saturated rings. The molecular weight excluding hydrogens is 593 g/mol. The highest BCUT2D eigenvalue weighted by Gasteiger charge is 2.34. The Bertz CT molecular complexity index is 1430. The number of benzene rings is 3. The van der Waals surface area contributed by atoms with Gasteiger partial charge in [-0.05, 0) is 54.8 Å². The molecule has 0 radical (unpaired) electrons. The summed E-state index contributed by atoms with van der Waals surface area (Å²) >= 11 is 19.0. The molecule has 0 spiro atoms. The molecule has 40 heavy (non-hydrogen) atoms. The lowest BCUT2D eigenvalue weighted by Gasteiger charge is -2.34. The predicted molar refractivity (Wildman–Crippen MR) is 163 cm³/mol. The molecule has 214 valence electrons. The van der Waals surface area contributed by atoms with Gasteiger partial charge in [0.1, 0.15) is 12.6 Å². The van der Waals surface area contributed by atoms with E-state index in [9.17, 15) is 18.0 Å². The maximum absolute atomic E-state index is 14.1. The molecule has 0 unspecified atom stereocenters. The normalized spacial score (nSPS) is 12.1. The first kappa shape index (κ1) is 31.7. The predicted octanol–water partition coefficient (Wildman–Crippen LogP) is 5.89. The molecule has 11 heteroatoms. The third-order valence-electron chi connectivity index (χ3n) is 6.32. The van der Waals surface area contributed by atoms with Crippen molar-refractivity contribution < 1.29 is 18.0 Å². The summed E-state index contributed by atoms with van der Waals surface area (Å²) in [5, 5.41) is 3.98. The van der Waals surface area contributed by atoms with Crippen molar-refractivity contribution in [3.05, 3.63) is 98.5 Å². The highest BCUT2D eigenvalue weighted by molar-refractivity contribution is 7.92. The summed E-state index contributed by atoms with van der Waals surface area (Å²) in [6.45, 7) is 3.40. The van der Waals surface area contributed by atoms with Crippen LogP contribution in [0.1, 0.15) is 30.0 Å². The van der Waals surface area contributed by atoms with Gasteiger partial charge in [0.05, 0.1) is 11.9 Å². The average molecular weight is 625 g/mol. The van der Waals surface area contributed by atoms with Crippen molar-refractivity contribution in [3.63, 3.8) is 0 Å². The molecule has 0 aromatic heterocycles. The standard InChI is InChI=1S/C29H32Cl3N3O4S/c1-4-15-33-29(37)27(17-21-9-6-5-7-10-21)34(18-23-24(31)11-8-12-25(23)32)28(36)19-35(40(3,38)39)26-14-13-22(30)16-20(26)2/h5-14,16,27H,4,15,17-19H2,1-3H3,(H,33,37)/t27-/m1/s1. The number of nitrogens with one attached hydrogen (secondary N) is 1. The molecule has 0 saturated carbocycles. The Morgan fingerprint density at radius 1 is 0.950 bits per heavy atom. The van der Waals surface area contributed by atoms with E-state index >= 15 is 0 Å². The molecule has 2 amide bonds. The van der Waals surface area contributed by atoms with E-state index < -0.39 is 28.5 Å². The van der Waals surface area contributed by atoms with Crippen LogP contribution < -0.4 is 9.62 Å². The first-order valence-corrected chi connectivity index (χ1v) is 15.7. The SMILES string of the molecule is CCCNC(=O)[C@@H](Cc1ccccc1)N(Cc1c(Cl)cccc1Cl)C(=O)CN(c1ccc(Cl)cc1C)S(C)(=O)=O. The number of sulfonamides is 1. The van der Waals surface area contributed by atoms with E-state index in [1.807, 2.05) is 37.3 Å². The summed E-state index contributed by atoms with van der Waals surface area (Å²) in [5.74, 6) is -0.959. The van der Waals surface area contributed by atoms with Gasteiger partial charge < -0.3 is 10.2 Å². The lowest BCUT2D eigenvalue weighted by Crippen LogP contribution is -2.53. The number of hydrogen-bond acceptors (Lipinski definition) is 4. The fraction of sp³-hybridized carbons (Fsp3) is 0.310. The van der Waals surface area contributed by atoms with E-state index in [0.29, 0.717) is 44.8 Å². The number of carbonyl (C=O) groups is 2. The molecule has 0 aliphatic carbocycles. The second kappa shape index (κ2) is 14.2. The molecule has 1 N–H and O–H groups in total. The van der Waals surface area contributed by atoms with Gasteiger partial charge in [0.2, 0.25) is 21.8 Å². The van der Waals surface area contributed by atoms with Gasteiger partial charge in [0.15, 0.2) is 0 Å². The van der Waals surface area contributed by atoms with Crippen LogP contribution in [0.2, 0.25) is 15.1 Å². The van der Waals surface area contributed by atoms with E-state index in [1.165, 1.54) is 4.90 Å². The maximum atomic E-state index is 14.1. The maximum Gasteiger partial charge on any atom is 0.244 e. The van der Waals surface area contributed by atoms with Crippen molar-refractivity contribution in [1.82, 2.24) is 10.2 Å². The number of amides is 2. The minimum atomic E-state index is -3.90. The largest absolute Gasteiger partial charge is 0.354 e. The van der Waals surface area contributed by atoms with Crippen molar-refractivity contribution in [2.75, 3.05) is 23.7 Å². The molecule has 7 nitrogen and oxygen atoms in total. The first-order valence-electron chi connectivity index (χ1n) is 12.7. The minimum absolute atomic E-state index is 0.106. The zero-order valence-corrected chi connectivity index (χ0v) is 25.6. The second-order valence-corrected chi connectivity index (χ2v) is 12.6. The first-order chi connectivity index (χ1) is 18.9. The van der Waals surface area contributed by atoms with Gasteiger partial charge >= 0.3 is 0 Å². The number of nitrogens with zero attached hydrogens (tertiary/aromatic N) is 2. The van der Waals surface area contributed by atoms with E-state index in [-0.39, 0.29) is 18.9 Å². The Morgan fingerprint density at radius 2 is 1.60 bits per heavy atom.